The first-order valence-corrected chi connectivity index (χ1v) is 6.97. The Morgan fingerprint density at radius 3 is 2.76 bits per heavy atom. The van der Waals surface area contributed by atoms with E-state index in [0.717, 1.165) is 25.0 Å². The van der Waals surface area contributed by atoms with Crippen LogP contribution in [0.1, 0.15) is 25.8 Å². The zero-order valence-electron chi connectivity index (χ0n) is 10.8. The van der Waals surface area contributed by atoms with E-state index in [4.69, 9.17) is 4.98 Å². The van der Waals surface area contributed by atoms with E-state index in [1.54, 1.807) is 0 Å². The van der Waals surface area contributed by atoms with Crippen molar-refractivity contribution in [3.05, 3.63) is 29.3 Å². The van der Waals surface area contributed by atoms with Crippen LogP contribution in [0.15, 0.2) is 24.3 Å². The monoisotopic (exact) mass is 248 g/mol. The van der Waals surface area contributed by atoms with E-state index in [9.17, 15) is 0 Å². The molecule has 2 aromatic rings. The summed E-state index contributed by atoms with van der Waals surface area (Å²) in [6.07, 6.45) is 1.04. The molecular weight excluding hydrogens is 228 g/mol. The Morgan fingerprint density at radius 2 is 2.06 bits per heavy atom. The zero-order valence-corrected chi connectivity index (χ0v) is 11.6. The fraction of sp³-hybridized carbons (Fsp3) is 0.500. The Bertz CT molecular complexity index is 455. The molecule has 1 aromatic heterocycles. The van der Waals surface area contributed by atoms with E-state index in [-0.39, 0.29) is 5.41 Å². The maximum absolute atomic E-state index is 4.70. The number of rotatable bonds is 5. The van der Waals surface area contributed by atoms with Crippen molar-refractivity contribution in [1.29, 1.82) is 0 Å². The van der Waals surface area contributed by atoms with Crippen LogP contribution in [0.25, 0.3) is 10.2 Å². The van der Waals surface area contributed by atoms with E-state index in [2.05, 4.69) is 50.4 Å². The van der Waals surface area contributed by atoms with Gasteiger partial charge in [-0.1, -0.05) is 32.9 Å². The number of hydrogen-bond acceptors (Lipinski definition) is 3. The molecule has 0 radical (unpaired) electrons. The van der Waals surface area contributed by atoms with Crippen molar-refractivity contribution in [1.82, 2.24) is 10.3 Å². The number of aromatic nitrogens is 1. The van der Waals surface area contributed by atoms with Gasteiger partial charge in [-0.15, -0.1) is 11.3 Å². The quantitative estimate of drug-likeness (QED) is 0.876. The summed E-state index contributed by atoms with van der Waals surface area (Å²) >= 11 is 1.82. The molecule has 0 aliphatic carbocycles. The van der Waals surface area contributed by atoms with Crippen molar-refractivity contribution in [3.63, 3.8) is 0 Å². The maximum Gasteiger partial charge on any atom is 0.0944 e. The third-order valence-electron chi connectivity index (χ3n) is 2.82. The molecular formula is C14H20N2S. The summed E-state index contributed by atoms with van der Waals surface area (Å²) in [7, 11) is 0. The fourth-order valence-electron chi connectivity index (χ4n) is 1.93. The molecule has 3 heteroatoms. The van der Waals surface area contributed by atoms with Gasteiger partial charge in [-0.05, 0) is 24.1 Å². The molecule has 0 aliphatic heterocycles. The molecule has 0 spiro atoms. The fourth-order valence-corrected chi connectivity index (χ4v) is 3.16. The first-order chi connectivity index (χ1) is 8.11. The summed E-state index contributed by atoms with van der Waals surface area (Å²) in [5, 5.41) is 4.66. The van der Waals surface area contributed by atoms with Crippen molar-refractivity contribution in [2.75, 3.05) is 13.1 Å². The Kier molecular flexibility index (Phi) is 3.79. The highest BCUT2D eigenvalue weighted by atomic mass is 32.1. The number of para-hydroxylation sites is 1. The number of nitrogens with zero attached hydrogens (tertiary/aromatic N) is 1. The number of thiazole rings is 1. The van der Waals surface area contributed by atoms with Gasteiger partial charge < -0.3 is 5.32 Å². The van der Waals surface area contributed by atoms with Gasteiger partial charge in [0.15, 0.2) is 0 Å². The van der Waals surface area contributed by atoms with Gasteiger partial charge in [0.2, 0.25) is 0 Å². The molecule has 92 valence electrons. The molecule has 0 amide bonds. The predicted octanol–water partition coefficient (Wildman–Crippen LogP) is 3.47. The smallest absolute Gasteiger partial charge is 0.0944 e. The van der Waals surface area contributed by atoms with E-state index in [1.165, 1.54) is 9.71 Å². The molecule has 0 bridgehead atoms. The SMILES string of the molecule is CCNCC(C)(C)Cc1nc2ccccc2s1. The van der Waals surface area contributed by atoms with Crippen molar-refractivity contribution < 1.29 is 0 Å². The average Bonchev–Trinajstić information content (AvgIpc) is 2.67. The normalized spacial score (nSPS) is 12.2. The first-order valence-electron chi connectivity index (χ1n) is 6.16. The standard InChI is InChI=1S/C14H20N2S/c1-4-15-10-14(2,3)9-13-16-11-7-5-6-8-12(11)17-13/h5-8,15H,4,9-10H2,1-3H3. The molecule has 0 saturated heterocycles. The van der Waals surface area contributed by atoms with Gasteiger partial charge in [0.1, 0.15) is 0 Å². The van der Waals surface area contributed by atoms with Crippen LogP contribution in [-0.4, -0.2) is 18.1 Å². The van der Waals surface area contributed by atoms with Crippen LogP contribution in [-0.2, 0) is 6.42 Å². The van der Waals surface area contributed by atoms with Crippen LogP contribution in [0.5, 0.6) is 0 Å². The van der Waals surface area contributed by atoms with Crippen molar-refractivity contribution >= 4 is 21.6 Å². The summed E-state index contributed by atoms with van der Waals surface area (Å²) < 4.78 is 1.29. The van der Waals surface area contributed by atoms with Crippen LogP contribution in [0.3, 0.4) is 0 Å². The molecule has 2 nitrogen and oxygen atoms in total. The molecule has 1 aromatic carbocycles. The lowest BCUT2D eigenvalue weighted by Gasteiger charge is -2.23. The Balaban J connectivity index is 2.12. The second-order valence-corrected chi connectivity index (χ2v) is 6.31. The lowest BCUT2D eigenvalue weighted by atomic mass is 9.89. The lowest BCUT2D eigenvalue weighted by Crippen LogP contribution is -2.30. The van der Waals surface area contributed by atoms with Gasteiger partial charge in [0, 0.05) is 13.0 Å². The zero-order chi connectivity index (χ0) is 12.3. The molecule has 17 heavy (non-hydrogen) atoms. The second kappa shape index (κ2) is 5.15. The Morgan fingerprint density at radius 1 is 1.29 bits per heavy atom. The van der Waals surface area contributed by atoms with Crippen LogP contribution < -0.4 is 5.32 Å². The molecule has 0 atom stereocenters. The van der Waals surface area contributed by atoms with Gasteiger partial charge >= 0.3 is 0 Å². The van der Waals surface area contributed by atoms with Crippen molar-refractivity contribution in [2.45, 2.75) is 27.2 Å². The van der Waals surface area contributed by atoms with Gasteiger partial charge in [-0.2, -0.15) is 0 Å². The highest BCUT2D eigenvalue weighted by Crippen LogP contribution is 2.27. The van der Waals surface area contributed by atoms with Crippen LogP contribution in [0.2, 0.25) is 0 Å². The van der Waals surface area contributed by atoms with Gasteiger partial charge in [0.05, 0.1) is 15.2 Å². The van der Waals surface area contributed by atoms with Crippen LogP contribution >= 0.6 is 11.3 Å². The molecule has 1 N–H and O–H groups in total. The Labute approximate surface area is 107 Å². The van der Waals surface area contributed by atoms with E-state index < -0.39 is 0 Å². The van der Waals surface area contributed by atoms with Gasteiger partial charge in [-0.25, -0.2) is 4.98 Å². The number of nitrogens with one attached hydrogen (secondary N) is 1. The average molecular weight is 248 g/mol. The third-order valence-corrected chi connectivity index (χ3v) is 3.86. The minimum atomic E-state index is 0.268. The minimum absolute atomic E-state index is 0.268. The molecule has 0 aliphatic rings. The van der Waals surface area contributed by atoms with Gasteiger partial charge in [0.25, 0.3) is 0 Å². The molecule has 0 unspecified atom stereocenters. The number of hydrogen-bond donors (Lipinski definition) is 1. The molecule has 2 rings (SSSR count). The van der Waals surface area contributed by atoms with Crippen molar-refractivity contribution in [2.24, 2.45) is 5.41 Å². The van der Waals surface area contributed by atoms with E-state index >= 15 is 0 Å². The molecule has 0 saturated carbocycles. The highest BCUT2D eigenvalue weighted by molar-refractivity contribution is 7.18. The molecule has 1 heterocycles. The summed E-state index contributed by atoms with van der Waals surface area (Å²) in [6.45, 7) is 8.81. The summed E-state index contributed by atoms with van der Waals surface area (Å²) in [5.74, 6) is 0. The first kappa shape index (κ1) is 12.5. The van der Waals surface area contributed by atoms with Crippen molar-refractivity contribution in [3.8, 4) is 0 Å². The summed E-state index contributed by atoms with van der Waals surface area (Å²) in [4.78, 5) is 4.70. The highest BCUT2D eigenvalue weighted by Gasteiger charge is 2.19. The number of fused-ring (bicyclic) bond motifs is 1. The van der Waals surface area contributed by atoms with Gasteiger partial charge in [-0.3, -0.25) is 0 Å². The van der Waals surface area contributed by atoms with E-state index in [0.29, 0.717) is 0 Å². The minimum Gasteiger partial charge on any atom is -0.316 e. The largest absolute Gasteiger partial charge is 0.316 e. The lowest BCUT2D eigenvalue weighted by molar-refractivity contribution is 0.342. The van der Waals surface area contributed by atoms with Crippen LogP contribution in [0, 0.1) is 5.41 Å². The van der Waals surface area contributed by atoms with E-state index in [1.807, 2.05) is 11.3 Å². The second-order valence-electron chi connectivity index (χ2n) is 5.20. The summed E-state index contributed by atoms with van der Waals surface area (Å²) in [6, 6.07) is 8.37. The predicted molar refractivity (Wildman–Crippen MR) is 75.6 cm³/mol. The number of benzene rings is 1. The Hall–Kier alpha value is -0.930. The third kappa shape index (κ3) is 3.27. The maximum atomic E-state index is 4.70. The topological polar surface area (TPSA) is 24.9 Å². The summed E-state index contributed by atoms with van der Waals surface area (Å²) in [5.41, 5.74) is 1.40. The molecule has 0 fully saturated rings. The van der Waals surface area contributed by atoms with Crippen LogP contribution in [0.4, 0.5) is 0 Å².